The molecule has 1 saturated heterocycles. The van der Waals surface area contributed by atoms with Crippen LogP contribution in [-0.4, -0.2) is 37.2 Å². The number of methoxy groups -OCH3 is 1. The highest BCUT2D eigenvalue weighted by atomic mass is 32.2. The molecule has 0 unspecified atom stereocenters. The van der Waals surface area contributed by atoms with Crippen LogP contribution in [0, 0.1) is 0 Å². The van der Waals surface area contributed by atoms with E-state index in [4.69, 9.17) is 4.74 Å². The third-order valence-electron chi connectivity index (χ3n) is 2.61. The van der Waals surface area contributed by atoms with Gasteiger partial charge in [-0.15, -0.1) is 0 Å². The van der Waals surface area contributed by atoms with Crippen LogP contribution in [0.1, 0.15) is 5.56 Å². The van der Waals surface area contributed by atoms with Crippen molar-refractivity contribution in [3.05, 3.63) is 34.7 Å². The van der Waals surface area contributed by atoms with Gasteiger partial charge in [0, 0.05) is 14.1 Å². The van der Waals surface area contributed by atoms with Crippen molar-refractivity contribution in [1.82, 2.24) is 4.90 Å². The van der Waals surface area contributed by atoms with E-state index in [2.05, 4.69) is 4.99 Å². The van der Waals surface area contributed by atoms with Crippen molar-refractivity contribution in [2.45, 2.75) is 0 Å². The molecule has 18 heavy (non-hydrogen) atoms. The smallest absolute Gasteiger partial charge is 0.266 e. The molecule has 0 aromatic heterocycles. The zero-order valence-electron chi connectivity index (χ0n) is 10.5. The van der Waals surface area contributed by atoms with Crippen LogP contribution in [0.15, 0.2) is 34.2 Å². The molecule has 1 aliphatic heterocycles. The Morgan fingerprint density at radius 3 is 2.50 bits per heavy atom. The largest absolute Gasteiger partial charge is 0.497 e. The molecule has 0 saturated carbocycles. The summed E-state index contributed by atoms with van der Waals surface area (Å²) in [6.07, 6.45) is 1.86. The van der Waals surface area contributed by atoms with E-state index in [1.54, 1.807) is 26.1 Å². The second-order valence-corrected chi connectivity index (χ2v) is 4.76. The Hall–Kier alpha value is -1.75. The molecular weight excluding hydrogens is 248 g/mol. The molecule has 0 N–H and O–H groups in total. The van der Waals surface area contributed by atoms with Crippen LogP contribution in [0.5, 0.6) is 5.75 Å². The highest BCUT2D eigenvalue weighted by molar-refractivity contribution is 8.18. The van der Waals surface area contributed by atoms with Crippen molar-refractivity contribution < 1.29 is 9.53 Å². The summed E-state index contributed by atoms with van der Waals surface area (Å²) in [6.45, 7) is 0. The van der Waals surface area contributed by atoms with Crippen molar-refractivity contribution in [2.24, 2.45) is 4.99 Å². The van der Waals surface area contributed by atoms with Gasteiger partial charge in [0.15, 0.2) is 5.17 Å². The fourth-order valence-corrected chi connectivity index (χ4v) is 2.53. The molecule has 1 heterocycles. The SMILES string of the molecule is CN=C1S/C(=C\c2ccc(OC)cc2)C(=O)N1C. The molecule has 1 aromatic carbocycles. The molecule has 1 fully saturated rings. The van der Waals surface area contributed by atoms with E-state index in [1.807, 2.05) is 30.3 Å². The predicted octanol–water partition coefficient (Wildman–Crippen LogP) is 2.23. The maximum atomic E-state index is 11.9. The van der Waals surface area contributed by atoms with E-state index in [0.29, 0.717) is 4.91 Å². The van der Waals surface area contributed by atoms with Crippen LogP contribution in [0.2, 0.25) is 0 Å². The molecule has 94 valence electrons. The highest BCUT2D eigenvalue weighted by Crippen LogP contribution is 2.31. The van der Waals surface area contributed by atoms with Gasteiger partial charge in [-0.1, -0.05) is 12.1 Å². The van der Waals surface area contributed by atoms with Gasteiger partial charge in [0.05, 0.1) is 12.0 Å². The number of carbonyl (C=O) groups excluding carboxylic acids is 1. The van der Waals surface area contributed by atoms with Gasteiger partial charge >= 0.3 is 0 Å². The Kier molecular flexibility index (Phi) is 3.72. The number of nitrogens with zero attached hydrogens (tertiary/aromatic N) is 2. The van der Waals surface area contributed by atoms with Crippen LogP contribution >= 0.6 is 11.8 Å². The van der Waals surface area contributed by atoms with E-state index in [0.717, 1.165) is 16.5 Å². The first-order valence-electron chi connectivity index (χ1n) is 5.44. The van der Waals surface area contributed by atoms with E-state index < -0.39 is 0 Å². The Morgan fingerprint density at radius 1 is 1.33 bits per heavy atom. The first-order valence-corrected chi connectivity index (χ1v) is 6.26. The number of hydrogen-bond acceptors (Lipinski definition) is 4. The monoisotopic (exact) mass is 262 g/mol. The summed E-state index contributed by atoms with van der Waals surface area (Å²) in [4.78, 5) is 18.2. The topological polar surface area (TPSA) is 41.9 Å². The number of amidine groups is 1. The van der Waals surface area contributed by atoms with Gasteiger partial charge in [0.2, 0.25) is 0 Å². The van der Waals surface area contributed by atoms with Crippen LogP contribution < -0.4 is 4.74 Å². The zero-order chi connectivity index (χ0) is 13.1. The summed E-state index contributed by atoms with van der Waals surface area (Å²) in [6, 6.07) is 7.57. The highest BCUT2D eigenvalue weighted by Gasteiger charge is 2.29. The zero-order valence-corrected chi connectivity index (χ0v) is 11.3. The third kappa shape index (κ3) is 2.41. The number of aliphatic imine (C=N–C) groups is 1. The molecule has 1 aromatic rings. The number of benzene rings is 1. The summed E-state index contributed by atoms with van der Waals surface area (Å²) >= 11 is 1.39. The molecule has 0 spiro atoms. The third-order valence-corrected chi connectivity index (χ3v) is 3.76. The minimum Gasteiger partial charge on any atom is -0.497 e. The van der Waals surface area contributed by atoms with Crippen molar-refractivity contribution in [3.63, 3.8) is 0 Å². The lowest BCUT2D eigenvalue weighted by Crippen LogP contribution is -2.23. The van der Waals surface area contributed by atoms with Crippen LogP contribution in [0.25, 0.3) is 6.08 Å². The van der Waals surface area contributed by atoms with E-state index in [-0.39, 0.29) is 5.91 Å². The van der Waals surface area contributed by atoms with E-state index in [9.17, 15) is 4.79 Å². The average molecular weight is 262 g/mol. The Labute approximate surface area is 110 Å². The number of hydrogen-bond donors (Lipinski definition) is 0. The minimum atomic E-state index is -0.0172. The van der Waals surface area contributed by atoms with E-state index >= 15 is 0 Å². The molecule has 1 aliphatic rings. The molecule has 0 radical (unpaired) electrons. The number of ether oxygens (including phenoxy) is 1. The minimum absolute atomic E-state index is 0.0172. The quantitative estimate of drug-likeness (QED) is 0.767. The average Bonchev–Trinajstić information content (AvgIpc) is 2.67. The maximum absolute atomic E-state index is 11.9. The Morgan fingerprint density at radius 2 is 2.00 bits per heavy atom. The van der Waals surface area contributed by atoms with Gasteiger partial charge in [-0.05, 0) is 35.5 Å². The maximum Gasteiger partial charge on any atom is 0.266 e. The molecule has 0 atom stereocenters. The Bertz CT molecular complexity index is 520. The molecule has 0 bridgehead atoms. The lowest BCUT2D eigenvalue weighted by atomic mass is 10.2. The van der Waals surface area contributed by atoms with Crippen molar-refractivity contribution in [2.75, 3.05) is 21.2 Å². The van der Waals surface area contributed by atoms with Gasteiger partial charge in [-0.2, -0.15) is 0 Å². The second kappa shape index (κ2) is 5.27. The van der Waals surface area contributed by atoms with Crippen molar-refractivity contribution in [1.29, 1.82) is 0 Å². The second-order valence-electron chi connectivity index (χ2n) is 3.75. The van der Waals surface area contributed by atoms with Gasteiger partial charge in [0.1, 0.15) is 5.75 Å². The fourth-order valence-electron chi connectivity index (χ4n) is 1.60. The molecular formula is C13H14N2O2S. The molecule has 1 amide bonds. The normalized spacial score (nSPS) is 19.9. The lowest BCUT2D eigenvalue weighted by Gasteiger charge is -2.05. The summed E-state index contributed by atoms with van der Waals surface area (Å²) in [5.74, 6) is 0.784. The van der Waals surface area contributed by atoms with Crippen LogP contribution in [0.4, 0.5) is 0 Å². The summed E-state index contributed by atoms with van der Waals surface area (Å²) in [7, 11) is 5.04. The number of likely N-dealkylation sites (N-methyl/N-ethyl adjacent to an activating group) is 1. The van der Waals surface area contributed by atoms with Crippen LogP contribution in [0.3, 0.4) is 0 Å². The fraction of sp³-hybridized carbons (Fsp3) is 0.231. The summed E-state index contributed by atoms with van der Waals surface area (Å²) < 4.78 is 5.09. The summed E-state index contributed by atoms with van der Waals surface area (Å²) in [5, 5.41) is 0.722. The first-order chi connectivity index (χ1) is 8.65. The lowest BCUT2D eigenvalue weighted by molar-refractivity contribution is -0.121. The molecule has 0 aliphatic carbocycles. The molecule has 2 rings (SSSR count). The number of rotatable bonds is 2. The predicted molar refractivity (Wildman–Crippen MR) is 74.7 cm³/mol. The number of carbonyl (C=O) groups is 1. The van der Waals surface area contributed by atoms with Gasteiger partial charge in [0.25, 0.3) is 5.91 Å². The molecule has 5 heteroatoms. The number of thioether (sulfide) groups is 1. The van der Waals surface area contributed by atoms with E-state index in [1.165, 1.54) is 11.8 Å². The van der Waals surface area contributed by atoms with Crippen molar-refractivity contribution in [3.8, 4) is 5.75 Å². The van der Waals surface area contributed by atoms with Crippen LogP contribution in [-0.2, 0) is 4.79 Å². The standard InChI is InChI=1S/C13H14N2O2S/c1-14-13-15(2)12(16)11(18-13)8-9-4-6-10(17-3)7-5-9/h4-8H,1-3H3/b11-8-,14-13?. The summed E-state index contributed by atoms with van der Waals surface area (Å²) in [5.41, 5.74) is 0.970. The molecule has 4 nitrogen and oxygen atoms in total. The van der Waals surface area contributed by atoms with Gasteiger partial charge in [-0.25, -0.2) is 0 Å². The first kappa shape index (κ1) is 12.7. The van der Waals surface area contributed by atoms with Gasteiger partial charge in [-0.3, -0.25) is 14.7 Å². The van der Waals surface area contributed by atoms with Gasteiger partial charge < -0.3 is 4.74 Å². The number of amides is 1. The Balaban J connectivity index is 2.26. The van der Waals surface area contributed by atoms with Crippen molar-refractivity contribution >= 4 is 28.9 Å².